The van der Waals surface area contributed by atoms with E-state index in [2.05, 4.69) is 13.8 Å². The first-order valence-corrected chi connectivity index (χ1v) is 10.1. The van der Waals surface area contributed by atoms with Gasteiger partial charge in [0.15, 0.2) is 11.5 Å². The lowest BCUT2D eigenvalue weighted by Crippen LogP contribution is -2.10. The molecule has 6 N–H and O–H groups in total. The predicted molar refractivity (Wildman–Crippen MR) is 124 cm³/mol. The number of primary amides is 1. The summed E-state index contributed by atoms with van der Waals surface area (Å²) in [6, 6.07) is 14.8. The molecule has 3 aromatic rings. The van der Waals surface area contributed by atoms with Crippen molar-refractivity contribution >= 4 is 23.7 Å². The molecule has 0 fully saturated rings. The van der Waals surface area contributed by atoms with Crippen LogP contribution in [0.25, 0.3) is 0 Å². The van der Waals surface area contributed by atoms with E-state index in [1.54, 1.807) is 0 Å². The van der Waals surface area contributed by atoms with Gasteiger partial charge in [-0.25, -0.2) is 0 Å². The summed E-state index contributed by atoms with van der Waals surface area (Å²) in [5.74, 6) is -0.460. The molecule has 0 aromatic heterocycles. The molecule has 0 heterocycles. The Morgan fingerprint density at radius 3 is 2.09 bits per heavy atom. The van der Waals surface area contributed by atoms with Crippen LogP contribution in [0.3, 0.4) is 0 Å². The van der Waals surface area contributed by atoms with Crippen molar-refractivity contribution in [3.63, 3.8) is 0 Å². The first-order valence-electron chi connectivity index (χ1n) is 9.68. The number of phenolic OH excluding ortho intramolecular Hbond substituents is 3. The molecule has 0 unspecified atom stereocenters. The number of nitrogens with two attached hydrogens (primary N) is 1. The number of carbonyl (C=O) groups excluding carboxylic acids is 1. The normalized spacial score (nSPS) is 10.2. The number of ether oxygens (including phenoxy) is 1. The zero-order chi connectivity index (χ0) is 23.8. The molecule has 0 spiro atoms. The lowest BCUT2D eigenvalue weighted by atomic mass is 10.0. The number of rotatable bonds is 6. The number of benzene rings is 3. The zero-order valence-electron chi connectivity index (χ0n) is 17.7. The zero-order valence-corrected chi connectivity index (χ0v) is 18.4. The molecular formula is C24H25ClN2O5. The summed E-state index contributed by atoms with van der Waals surface area (Å²) in [5, 5.41) is 35.8. The van der Waals surface area contributed by atoms with Crippen LogP contribution in [0.15, 0.2) is 54.6 Å². The molecule has 0 aliphatic rings. The molecule has 1 amide bonds. The van der Waals surface area contributed by atoms with Crippen molar-refractivity contribution in [2.45, 2.75) is 26.4 Å². The molecule has 168 valence electrons. The van der Waals surface area contributed by atoms with Gasteiger partial charge in [0.1, 0.15) is 12.4 Å². The third-order valence-corrected chi connectivity index (χ3v) is 4.80. The first kappa shape index (κ1) is 24.6. The Morgan fingerprint density at radius 2 is 1.62 bits per heavy atom. The minimum Gasteiger partial charge on any atom is -0.506 e. The Kier molecular flexibility index (Phi) is 8.49. The van der Waals surface area contributed by atoms with Crippen molar-refractivity contribution in [3.05, 3.63) is 81.9 Å². The van der Waals surface area contributed by atoms with Crippen LogP contribution in [-0.4, -0.2) is 27.4 Å². The van der Waals surface area contributed by atoms with Crippen LogP contribution in [0.5, 0.6) is 23.0 Å². The van der Waals surface area contributed by atoms with Gasteiger partial charge in [0, 0.05) is 11.8 Å². The van der Waals surface area contributed by atoms with Crippen LogP contribution < -0.4 is 10.5 Å². The van der Waals surface area contributed by atoms with Gasteiger partial charge in [-0.2, -0.15) is 0 Å². The van der Waals surface area contributed by atoms with E-state index in [0.29, 0.717) is 11.5 Å². The topological polar surface area (TPSA) is 137 Å². The van der Waals surface area contributed by atoms with Crippen molar-refractivity contribution in [1.82, 2.24) is 0 Å². The summed E-state index contributed by atoms with van der Waals surface area (Å²) >= 11 is 5.50. The summed E-state index contributed by atoms with van der Waals surface area (Å²) in [4.78, 5) is 10.5. The lowest BCUT2D eigenvalue weighted by Gasteiger charge is -2.11. The minimum absolute atomic E-state index is 0.0357. The van der Waals surface area contributed by atoms with E-state index in [4.69, 9.17) is 32.6 Å². The van der Waals surface area contributed by atoms with E-state index in [9.17, 15) is 15.0 Å². The molecule has 32 heavy (non-hydrogen) atoms. The van der Waals surface area contributed by atoms with E-state index < -0.39 is 5.91 Å². The Bertz CT molecular complexity index is 1080. The van der Waals surface area contributed by atoms with E-state index >= 15 is 0 Å². The maximum absolute atomic E-state index is 10.5. The van der Waals surface area contributed by atoms with Gasteiger partial charge in [0.05, 0.1) is 5.02 Å². The van der Waals surface area contributed by atoms with Gasteiger partial charge in [0.25, 0.3) is 0 Å². The third kappa shape index (κ3) is 6.65. The Labute approximate surface area is 191 Å². The van der Waals surface area contributed by atoms with Gasteiger partial charge >= 0.3 is 0 Å². The predicted octanol–water partition coefficient (Wildman–Crippen LogP) is 4.94. The SMILES string of the molecule is CC(C)c1ccc(COc2c(O)cc(C=N)cc2O)cc1.NC(=O)c1ccc(O)c(Cl)c1. The highest BCUT2D eigenvalue weighted by Gasteiger charge is 2.11. The Hall–Kier alpha value is -3.71. The average molecular weight is 457 g/mol. The van der Waals surface area contributed by atoms with Crippen molar-refractivity contribution in [2.24, 2.45) is 5.73 Å². The van der Waals surface area contributed by atoms with Crippen molar-refractivity contribution in [3.8, 4) is 23.0 Å². The van der Waals surface area contributed by atoms with Gasteiger partial charge in [0.2, 0.25) is 11.7 Å². The fourth-order valence-corrected chi connectivity index (χ4v) is 2.85. The highest BCUT2D eigenvalue weighted by Crippen LogP contribution is 2.37. The highest BCUT2D eigenvalue weighted by molar-refractivity contribution is 6.32. The first-order chi connectivity index (χ1) is 15.1. The van der Waals surface area contributed by atoms with Gasteiger partial charge in [-0.15, -0.1) is 0 Å². The molecule has 7 nitrogen and oxygen atoms in total. The van der Waals surface area contributed by atoms with E-state index in [1.807, 2.05) is 24.3 Å². The minimum atomic E-state index is -0.563. The third-order valence-electron chi connectivity index (χ3n) is 4.50. The molecule has 0 aliphatic heterocycles. The summed E-state index contributed by atoms with van der Waals surface area (Å²) in [5.41, 5.74) is 7.86. The molecule has 3 aromatic carbocycles. The van der Waals surface area contributed by atoms with Gasteiger partial charge < -0.3 is 31.2 Å². The van der Waals surface area contributed by atoms with Crippen molar-refractivity contribution in [2.75, 3.05) is 0 Å². The van der Waals surface area contributed by atoms with E-state index in [-0.39, 0.29) is 40.2 Å². The lowest BCUT2D eigenvalue weighted by molar-refractivity contribution is 0.1000. The van der Waals surface area contributed by atoms with Gasteiger partial charge in [-0.05, 0) is 52.9 Å². The molecule has 0 bridgehead atoms. The summed E-state index contributed by atoms with van der Waals surface area (Å²) in [7, 11) is 0. The van der Waals surface area contributed by atoms with Crippen LogP contribution in [0.2, 0.25) is 5.02 Å². The largest absolute Gasteiger partial charge is 0.506 e. The molecule has 0 saturated carbocycles. The Morgan fingerprint density at radius 1 is 1.03 bits per heavy atom. The smallest absolute Gasteiger partial charge is 0.248 e. The second kappa shape index (κ2) is 11.1. The van der Waals surface area contributed by atoms with E-state index in [0.717, 1.165) is 11.8 Å². The molecule has 0 radical (unpaired) electrons. The fraction of sp³-hybridized carbons (Fsp3) is 0.167. The summed E-state index contributed by atoms with van der Waals surface area (Å²) in [6.45, 7) is 4.52. The van der Waals surface area contributed by atoms with Gasteiger partial charge in [-0.3, -0.25) is 4.79 Å². The quantitative estimate of drug-likeness (QED) is 0.334. The van der Waals surface area contributed by atoms with Crippen LogP contribution in [0, 0.1) is 5.41 Å². The second-order valence-electron chi connectivity index (χ2n) is 7.25. The number of aromatic hydroxyl groups is 3. The summed E-state index contributed by atoms with van der Waals surface area (Å²) < 4.78 is 5.48. The van der Waals surface area contributed by atoms with Crippen molar-refractivity contribution < 1.29 is 24.9 Å². The van der Waals surface area contributed by atoms with Crippen LogP contribution in [-0.2, 0) is 6.61 Å². The van der Waals surface area contributed by atoms with E-state index in [1.165, 1.54) is 35.9 Å². The number of halogens is 1. The fourth-order valence-electron chi connectivity index (χ4n) is 2.67. The summed E-state index contributed by atoms with van der Waals surface area (Å²) in [6.07, 6.45) is 1.05. The molecule has 0 atom stereocenters. The van der Waals surface area contributed by atoms with Crippen molar-refractivity contribution in [1.29, 1.82) is 5.41 Å². The maximum atomic E-state index is 10.5. The molecule has 3 rings (SSSR count). The number of amides is 1. The number of carbonyl (C=O) groups is 1. The number of hydrogen-bond acceptors (Lipinski definition) is 6. The molecular weight excluding hydrogens is 432 g/mol. The number of nitrogens with one attached hydrogen (secondary N) is 1. The van der Waals surface area contributed by atoms with Gasteiger partial charge in [-0.1, -0.05) is 49.7 Å². The average Bonchev–Trinajstić information content (AvgIpc) is 2.75. The van der Waals surface area contributed by atoms with Crippen LogP contribution in [0.4, 0.5) is 0 Å². The second-order valence-corrected chi connectivity index (χ2v) is 7.66. The molecule has 0 aliphatic carbocycles. The monoisotopic (exact) mass is 456 g/mol. The number of hydrogen-bond donors (Lipinski definition) is 5. The van der Waals surface area contributed by atoms with Crippen LogP contribution in [0.1, 0.15) is 46.8 Å². The molecule has 8 heteroatoms. The number of phenols is 3. The molecule has 0 saturated heterocycles. The Balaban J connectivity index is 0.000000278. The van der Waals surface area contributed by atoms with Crippen LogP contribution >= 0.6 is 11.6 Å². The highest BCUT2D eigenvalue weighted by atomic mass is 35.5. The standard InChI is InChI=1S/C17H19NO3.C7H6ClNO2/c1-11(2)14-5-3-12(4-6-14)10-21-17-15(19)7-13(9-18)8-16(17)20;8-5-3-4(7(9)11)1-2-6(5)10/h3-9,11,18-20H,10H2,1-2H3;1-3,10H,(H2,9,11). The maximum Gasteiger partial charge on any atom is 0.248 e.